The summed E-state index contributed by atoms with van der Waals surface area (Å²) in [5, 5.41) is 4.56. The van der Waals surface area contributed by atoms with Gasteiger partial charge in [-0.1, -0.05) is 61.2 Å². The summed E-state index contributed by atoms with van der Waals surface area (Å²) in [7, 11) is 0. The largest absolute Gasteiger partial charge is 0.492 e. The molecule has 0 spiro atoms. The Morgan fingerprint density at radius 1 is 0.838 bits per heavy atom. The van der Waals surface area contributed by atoms with Gasteiger partial charge in [0.1, 0.15) is 18.1 Å². The Bertz CT molecular complexity index is 1220. The fraction of sp³-hybridized carbons (Fsp3) is 0.333. The molecule has 7 heteroatoms. The number of carbonyl (C=O) groups is 2. The van der Waals surface area contributed by atoms with E-state index in [-0.39, 0.29) is 26.4 Å². The average molecular weight is 504 g/mol. The van der Waals surface area contributed by atoms with Crippen LogP contribution in [0.5, 0.6) is 11.5 Å². The van der Waals surface area contributed by atoms with Crippen molar-refractivity contribution in [3.8, 4) is 11.5 Å². The van der Waals surface area contributed by atoms with E-state index in [0.29, 0.717) is 12.4 Å². The average Bonchev–Trinajstić information content (AvgIpc) is 2.94. The third kappa shape index (κ3) is 7.11. The van der Waals surface area contributed by atoms with E-state index in [2.05, 4.69) is 24.0 Å². The highest BCUT2D eigenvalue weighted by molar-refractivity contribution is 5.97. The fourth-order valence-electron chi connectivity index (χ4n) is 4.52. The molecule has 1 N–H and O–H groups in total. The molecule has 4 rings (SSSR count). The standard InChI is InChI=1S/C30H33NO6/c1-2-27(32)35-21-20-34-19-17-31-30(33)37-29-25-14-8-6-12-23(25)28(24-13-7-9-15-26(24)29)36-18-16-22-10-4-3-5-11-22/h2-6,8,10-12,14H,1,7,9,13,15-21H2,(H,31,33). The number of amides is 1. The van der Waals surface area contributed by atoms with Crippen LogP contribution < -0.4 is 14.8 Å². The summed E-state index contributed by atoms with van der Waals surface area (Å²) in [6, 6.07) is 18.2. The van der Waals surface area contributed by atoms with Crippen molar-refractivity contribution in [1.82, 2.24) is 5.32 Å². The van der Waals surface area contributed by atoms with Crippen LogP contribution in [0.2, 0.25) is 0 Å². The molecule has 0 radical (unpaired) electrons. The lowest BCUT2D eigenvalue weighted by Gasteiger charge is -2.25. The maximum absolute atomic E-state index is 12.7. The number of carbonyl (C=O) groups excluding carboxylic acids is 2. The van der Waals surface area contributed by atoms with E-state index in [1.165, 1.54) is 5.56 Å². The second-order valence-electron chi connectivity index (χ2n) is 8.75. The summed E-state index contributed by atoms with van der Waals surface area (Å²) in [4.78, 5) is 23.7. The van der Waals surface area contributed by atoms with Crippen LogP contribution in [0, 0.1) is 0 Å². The quantitative estimate of drug-likeness (QED) is 0.209. The van der Waals surface area contributed by atoms with Crippen molar-refractivity contribution in [3.05, 3.63) is 83.9 Å². The second kappa shape index (κ2) is 13.5. The predicted molar refractivity (Wildman–Crippen MR) is 142 cm³/mol. The molecule has 3 aromatic carbocycles. The summed E-state index contributed by atoms with van der Waals surface area (Å²) in [6.45, 7) is 4.82. The van der Waals surface area contributed by atoms with Crippen LogP contribution in [0.15, 0.2) is 67.3 Å². The van der Waals surface area contributed by atoms with Gasteiger partial charge in [-0.3, -0.25) is 0 Å². The second-order valence-corrected chi connectivity index (χ2v) is 8.75. The summed E-state index contributed by atoms with van der Waals surface area (Å²) in [6.07, 6.45) is 5.24. The molecule has 0 atom stereocenters. The molecular weight excluding hydrogens is 470 g/mol. The molecule has 3 aromatic rings. The van der Waals surface area contributed by atoms with Gasteiger partial charge in [0.05, 0.1) is 19.8 Å². The highest BCUT2D eigenvalue weighted by Gasteiger charge is 2.25. The minimum Gasteiger partial charge on any atom is -0.492 e. The number of nitrogens with one attached hydrogen (secondary N) is 1. The topological polar surface area (TPSA) is 83.1 Å². The lowest BCUT2D eigenvalue weighted by molar-refractivity contribution is -0.139. The zero-order valence-corrected chi connectivity index (χ0v) is 21.0. The number of ether oxygens (including phenoxy) is 4. The van der Waals surface area contributed by atoms with E-state index in [9.17, 15) is 9.59 Å². The first-order chi connectivity index (χ1) is 18.2. The van der Waals surface area contributed by atoms with Crippen molar-refractivity contribution in [2.45, 2.75) is 32.1 Å². The minimum atomic E-state index is -0.530. The van der Waals surface area contributed by atoms with Gasteiger partial charge in [-0.15, -0.1) is 0 Å². The lowest BCUT2D eigenvalue weighted by Crippen LogP contribution is -2.31. The van der Waals surface area contributed by atoms with Gasteiger partial charge in [0, 0.05) is 40.9 Å². The monoisotopic (exact) mass is 503 g/mol. The molecule has 0 unspecified atom stereocenters. The maximum atomic E-state index is 12.7. The van der Waals surface area contributed by atoms with Crippen LogP contribution in [0.1, 0.15) is 29.5 Å². The van der Waals surface area contributed by atoms with Gasteiger partial charge in [0.25, 0.3) is 0 Å². The van der Waals surface area contributed by atoms with E-state index >= 15 is 0 Å². The Morgan fingerprint density at radius 3 is 2.24 bits per heavy atom. The number of hydrogen-bond acceptors (Lipinski definition) is 6. The van der Waals surface area contributed by atoms with E-state index < -0.39 is 12.1 Å². The Labute approximate surface area is 217 Å². The molecule has 0 fully saturated rings. The number of fused-ring (bicyclic) bond motifs is 2. The molecule has 0 heterocycles. The Hall–Kier alpha value is -3.84. The summed E-state index contributed by atoms with van der Waals surface area (Å²) in [5.41, 5.74) is 3.42. The van der Waals surface area contributed by atoms with Gasteiger partial charge >= 0.3 is 12.1 Å². The van der Waals surface area contributed by atoms with Crippen LogP contribution in [-0.2, 0) is 33.5 Å². The molecule has 0 bridgehead atoms. The van der Waals surface area contributed by atoms with Crippen LogP contribution in [-0.4, -0.2) is 45.0 Å². The Morgan fingerprint density at radius 2 is 1.51 bits per heavy atom. The molecule has 1 amide bonds. The molecule has 0 saturated heterocycles. The number of rotatable bonds is 12. The first-order valence-corrected chi connectivity index (χ1v) is 12.7. The van der Waals surface area contributed by atoms with Gasteiger partial charge in [-0.2, -0.15) is 0 Å². The minimum absolute atomic E-state index is 0.132. The van der Waals surface area contributed by atoms with Crippen molar-refractivity contribution < 1.29 is 28.5 Å². The van der Waals surface area contributed by atoms with Crippen molar-refractivity contribution in [2.24, 2.45) is 0 Å². The summed E-state index contributed by atoms with van der Waals surface area (Å²) < 4.78 is 22.5. The molecular formula is C30H33NO6. The zero-order chi connectivity index (χ0) is 25.9. The van der Waals surface area contributed by atoms with E-state index in [1.807, 2.05) is 42.5 Å². The van der Waals surface area contributed by atoms with Crippen molar-refractivity contribution in [3.63, 3.8) is 0 Å². The van der Waals surface area contributed by atoms with Crippen LogP contribution in [0.4, 0.5) is 4.79 Å². The van der Waals surface area contributed by atoms with Gasteiger partial charge in [-0.25, -0.2) is 9.59 Å². The fourth-order valence-corrected chi connectivity index (χ4v) is 4.52. The van der Waals surface area contributed by atoms with Gasteiger partial charge in [0.15, 0.2) is 0 Å². The molecule has 0 aromatic heterocycles. The molecule has 0 aliphatic heterocycles. The zero-order valence-electron chi connectivity index (χ0n) is 21.0. The molecule has 7 nitrogen and oxygen atoms in total. The highest BCUT2D eigenvalue weighted by atomic mass is 16.6. The summed E-state index contributed by atoms with van der Waals surface area (Å²) >= 11 is 0. The third-order valence-electron chi connectivity index (χ3n) is 6.26. The first-order valence-electron chi connectivity index (χ1n) is 12.7. The van der Waals surface area contributed by atoms with E-state index in [4.69, 9.17) is 18.9 Å². The van der Waals surface area contributed by atoms with Crippen LogP contribution in [0.25, 0.3) is 10.8 Å². The molecule has 1 aliphatic carbocycles. The normalized spacial score (nSPS) is 12.4. The Balaban J connectivity index is 1.42. The molecule has 37 heavy (non-hydrogen) atoms. The third-order valence-corrected chi connectivity index (χ3v) is 6.26. The number of hydrogen-bond donors (Lipinski definition) is 1. The summed E-state index contributed by atoms with van der Waals surface area (Å²) in [5.74, 6) is 1.02. The number of benzene rings is 3. The SMILES string of the molecule is C=CC(=O)OCCOCCNC(=O)Oc1c2c(c(OCCc3ccccc3)c3ccccc13)CCCC2. The van der Waals surface area contributed by atoms with Gasteiger partial charge < -0.3 is 24.3 Å². The van der Waals surface area contributed by atoms with Gasteiger partial charge in [0.2, 0.25) is 0 Å². The van der Waals surface area contributed by atoms with Gasteiger partial charge in [-0.05, 0) is 31.2 Å². The number of esters is 1. The van der Waals surface area contributed by atoms with Crippen LogP contribution >= 0.6 is 0 Å². The first kappa shape index (κ1) is 26.2. The van der Waals surface area contributed by atoms with Crippen molar-refractivity contribution in [1.29, 1.82) is 0 Å². The van der Waals surface area contributed by atoms with Crippen molar-refractivity contribution >= 4 is 22.8 Å². The predicted octanol–water partition coefficient (Wildman–Crippen LogP) is 5.17. The highest BCUT2D eigenvalue weighted by Crippen LogP contribution is 2.44. The van der Waals surface area contributed by atoms with Crippen LogP contribution in [0.3, 0.4) is 0 Å². The maximum Gasteiger partial charge on any atom is 0.412 e. The smallest absolute Gasteiger partial charge is 0.412 e. The molecule has 0 saturated carbocycles. The van der Waals surface area contributed by atoms with E-state index in [1.54, 1.807) is 0 Å². The lowest BCUT2D eigenvalue weighted by atomic mass is 9.87. The van der Waals surface area contributed by atoms with E-state index in [0.717, 1.165) is 65.8 Å². The molecule has 1 aliphatic rings. The molecule has 194 valence electrons. The van der Waals surface area contributed by atoms with Crippen molar-refractivity contribution in [2.75, 3.05) is 33.0 Å². The Kier molecular flexibility index (Phi) is 9.54.